The van der Waals surface area contributed by atoms with E-state index in [2.05, 4.69) is 24.4 Å². The number of nitriles is 1. The van der Waals surface area contributed by atoms with Gasteiger partial charge < -0.3 is 14.6 Å². The third kappa shape index (κ3) is 3.30. The van der Waals surface area contributed by atoms with Crippen molar-refractivity contribution in [2.24, 2.45) is 0 Å². The van der Waals surface area contributed by atoms with Gasteiger partial charge in [-0.2, -0.15) is 5.26 Å². The monoisotopic (exact) mass is 382 g/mol. The van der Waals surface area contributed by atoms with Crippen LogP contribution in [-0.2, 0) is 6.54 Å². The highest BCUT2D eigenvalue weighted by Crippen LogP contribution is 2.35. The summed E-state index contributed by atoms with van der Waals surface area (Å²) in [4.78, 5) is 4.75. The molecule has 2 aromatic carbocycles. The maximum atomic E-state index is 9.75. The van der Waals surface area contributed by atoms with Crippen molar-refractivity contribution in [1.82, 2.24) is 9.55 Å². The van der Waals surface area contributed by atoms with Gasteiger partial charge in [-0.05, 0) is 36.2 Å². The SMILES string of the molecule is CNc1ccccc1-c1cnc2c(c(C#N)cn2Cc2ccc(OC)cc2)c1C. The average Bonchev–Trinajstić information content (AvgIpc) is 3.13. The summed E-state index contributed by atoms with van der Waals surface area (Å²) in [6, 6.07) is 18.4. The van der Waals surface area contributed by atoms with E-state index in [1.807, 2.05) is 66.5 Å². The third-order valence-electron chi connectivity index (χ3n) is 5.26. The zero-order chi connectivity index (χ0) is 20.4. The van der Waals surface area contributed by atoms with Gasteiger partial charge in [0.1, 0.15) is 17.5 Å². The lowest BCUT2D eigenvalue weighted by atomic mass is 9.98. The second-order valence-corrected chi connectivity index (χ2v) is 6.92. The van der Waals surface area contributed by atoms with E-state index in [0.717, 1.165) is 44.7 Å². The molecule has 0 fully saturated rings. The molecule has 2 heterocycles. The van der Waals surface area contributed by atoms with E-state index in [1.54, 1.807) is 7.11 Å². The Morgan fingerprint density at radius 2 is 1.86 bits per heavy atom. The van der Waals surface area contributed by atoms with Gasteiger partial charge in [0.2, 0.25) is 0 Å². The highest BCUT2D eigenvalue weighted by molar-refractivity contribution is 5.93. The smallest absolute Gasteiger partial charge is 0.141 e. The first-order valence-corrected chi connectivity index (χ1v) is 9.45. The second kappa shape index (κ2) is 7.69. The van der Waals surface area contributed by atoms with Gasteiger partial charge in [0, 0.05) is 48.2 Å². The van der Waals surface area contributed by atoms with Crippen molar-refractivity contribution in [3.63, 3.8) is 0 Å². The molecule has 0 aliphatic heterocycles. The van der Waals surface area contributed by atoms with E-state index >= 15 is 0 Å². The molecule has 0 saturated carbocycles. The molecule has 0 spiro atoms. The molecule has 0 atom stereocenters. The number of aromatic nitrogens is 2. The van der Waals surface area contributed by atoms with Crippen LogP contribution in [0.15, 0.2) is 60.9 Å². The number of ether oxygens (including phenoxy) is 1. The lowest BCUT2D eigenvalue weighted by Gasteiger charge is -2.13. The minimum absolute atomic E-state index is 0.640. The molecular weight excluding hydrogens is 360 g/mol. The van der Waals surface area contributed by atoms with Gasteiger partial charge in [0.25, 0.3) is 0 Å². The number of hydrogen-bond acceptors (Lipinski definition) is 4. The number of rotatable bonds is 5. The first kappa shape index (κ1) is 18.6. The average molecular weight is 382 g/mol. The highest BCUT2D eigenvalue weighted by Gasteiger charge is 2.17. The van der Waals surface area contributed by atoms with Gasteiger partial charge in [0.15, 0.2) is 0 Å². The van der Waals surface area contributed by atoms with Crippen LogP contribution in [-0.4, -0.2) is 23.7 Å². The molecule has 0 amide bonds. The fraction of sp³-hybridized carbons (Fsp3) is 0.167. The van der Waals surface area contributed by atoms with Crippen LogP contribution in [0.25, 0.3) is 22.2 Å². The standard InChI is InChI=1S/C24H22N4O/c1-16-21(20-6-4-5-7-22(20)26-2)13-27-24-23(16)18(12-25)15-28(24)14-17-8-10-19(29-3)11-9-17/h4-11,13,15,26H,14H2,1-3H3. The predicted molar refractivity (Wildman–Crippen MR) is 116 cm³/mol. The zero-order valence-corrected chi connectivity index (χ0v) is 16.7. The lowest BCUT2D eigenvalue weighted by Crippen LogP contribution is -2.00. The maximum absolute atomic E-state index is 9.75. The summed E-state index contributed by atoms with van der Waals surface area (Å²) in [6.45, 7) is 2.70. The Morgan fingerprint density at radius 3 is 2.55 bits per heavy atom. The summed E-state index contributed by atoms with van der Waals surface area (Å²) in [5, 5.41) is 13.9. The van der Waals surface area contributed by atoms with Gasteiger partial charge in [-0.25, -0.2) is 4.98 Å². The van der Waals surface area contributed by atoms with Crippen LogP contribution in [0.1, 0.15) is 16.7 Å². The van der Waals surface area contributed by atoms with Crippen LogP contribution in [0, 0.1) is 18.3 Å². The number of nitrogens with zero attached hydrogens (tertiary/aromatic N) is 3. The van der Waals surface area contributed by atoms with Gasteiger partial charge in [-0.1, -0.05) is 30.3 Å². The Labute approximate surface area is 170 Å². The molecule has 5 heteroatoms. The van der Waals surface area contributed by atoms with E-state index < -0.39 is 0 Å². The molecule has 5 nitrogen and oxygen atoms in total. The van der Waals surface area contributed by atoms with E-state index in [0.29, 0.717) is 12.1 Å². The number of para-hydroxylation sites is 1. The fourth-order valence-corrected chi connectivity index (χ4v) is 3.75. The number of hydrogen-bond donors (Lipinski definition) is 1. The Kier molecular flexibility index (Phi) is 4.92. The van der Waals surface area contributed by atoms with Gasteiger partial charge in [0.05, 0.1) is 12.7 Å². The van der Waals surface area contributed by atoms with Gasteiger partial charge in [-0.3, -0.25) is 0 Å². The molecule has 1 N–H and O–H groups in total. The van der Waals surface area contributed by atoms with Crippen LogP contribution < -0.4 is 10.1 Å². The number of methoxy groups -OCH3 is 1. The van der Waals surface area contributed by atoms with Crippen molar-refractivity contribution in [2.45, 2.75) is 13.5 Å². The van der Waals surface area contributed by atoms with E-state index in [-0.39, 0.29) is 0 Å². The van der Waals surface area contributed by atoms with E-state index in [9.17, 15) is 5.26 Å². The number of benzene rings is 2. The van der Waals surface area contributed by atoms with Gasteiger partial charge >= 0.3 is 0 Å². The molecule has 144 valence electrons. The Hall–Kier alpha value is -3.78. The molecule has 0 bridgehead atoms. The highest BCUT2D eigenvalue weighted by atomic mass is 16.5. The number of fused-ring (bicyclic) bond motifs is 1. The topological polar surface area (TPSA) is 62.9 Å². The molecule has 29 heavy (non-hydrogen) atoms. The molecule has 0 radical (unpaired) electrons. The Balaban J connectivity index is 1.83. The van der Waals surface area contributed by atoms with Crippen molar-refractivity contribution < 1.29 is 4.74 Å². The van der Waals surface area contributed by atoms with Crippen molar-refractivity contribution in [3.8, 4) is 22.9 Å². The van der Waals surface area contributed by atoms with E-state index in [4.69, 9.17) is 9.72 Å². The molecule has 4 rings (SSSR count). The summed E-state index contributed by atoms with van der Waals surface area (Å²) >= 11 is 0. The first-order valence-electron chi connectivity index (χ1n) is 9.45. The molecule has 0 unspecified atom stereocenters. The van der Waals surface area contributed by atoms with Crippen molar-refractivity contribution in [1.29, 1.82) is 5.26 Å². The molecule has 0 aliphatic rings. The second-order valence-electron chi connectivity index (χ2n) is 6.92. The minimum Gasteiger partial charge on any atom is -0.497 e. The van der Waals surface area contributed by atoms with E-state index in [1.165, 1.54) is 0 Å². The number of nitrogens with one attached hydrogen (secondary N) is 1. The van der Waals surface area contributed by atoms with Crippen LogP contribution in [0.2, 0.25) is 0 Å². The number of anilines is 1. The van der Waals surface area contributed by atoms with Crippen LogP contribution in [0.3, 0.4) is 0 Å². The van der Waals surface area contributed by atoms with Crippen LogP contribution in [0.5, 0.6) is 5.75 Å². The minimum atomic E-state index is 0.640. The van der Waals surface area contributed by atoms with Crippen LogP contribution >= 0.6 is 0 Å². The molecule has 4 aromatic rings. The molecular formula is C24H22N4O. The Bertz CT molecular complexity index is 1220. The fourth-order valence-electron chi connectivity index (χ4n) is 3.75. The van der Waals surface area contributed by atoms with Crippen molar-refractivity contribution in [3.05, 3.63) is 77.6 Å². The quantitative estimate of drug-likeness (QED) is 0.529. The summed E-state index contributed by atoms with van der Waals surface area (Å²) in [5.41, 5.74) is 6.78. The first-order chi connectivity index (χ1) is 14.2. The largest absolute Gasteiger partial charge is 0.497 e. The number of pyridine rings is 1. The number of aryl methyl sites for hydroxylation is 1. The summed E-state index contributed by atoms with van der Waals surface area (Å²) in [5.74, 6) is 0.825. The zero-order valence-electron chi connectivity index (χ0n) is 16.7. The summed E-state index contributed by atoms with van der Waals surface area (Å²) in [6.07, 6.45) is 3.79. The summed E-state index contributed by atoms with van der Waals surface area (Å²) in [7, 11) is 3.57. The molecule has 0 saturated heterocycles. The van der Waals surface area contributed by atoms with Crippen molar-refractivity contribution >= 4 is 16.7 Å². The van der Waals surface area contributed by atoms with Crippen molar-refractivity contribution in [2.75, 3.05) is 19.5 Å². The lowest BCUT2D eigenvalue weighted by molar-refractivity contribution is 0.414. The Morgan fingerprint density at radius 1 is 1.10 bits per heavy atom. The third-order valence-corrected chi connectivity index (χ3v) is 5.26. The van der Waals surface area contributed by atoms with Gasteiger partial charge in [-0.15, -0.1) is 0 Å². The van der Waals surface area contributed by atoms with Crippen LogP contribution in [0.4, 0.5) is 5.69 Å². The molecule has 2 aromatic heterocycles. The predicted octanol–water partition coefficient (Wildman–Crippen LogP) is 4.98. The maximum Gasteiger partial charge on any atom is 0.141 e. The normalized spacial score (nSPS) is 10.7. The summed E-state index contributed by atoms with van der Waals surface area (Å²) < 4.78 is 7.27. The molecule has 0 aliphatic carbocycles.